The van der Waals surface area contributed by atoms with Gasteiger partial charge in [0.05, 0.1) is 5.57 Å². The van der Waals surface area contributed by atoms with Crippen LogP contribution in [0.5, 0.6) is 0 Å². The van der Waals surface area contributed by atoms with Crippen molar-refractivity contribution in [1.29, 1.82) is 0 Å². The highest BCUT2D eigenvalue weighted by molar-refractivity contribution is 6.18. The molecule has 0 unspecified atom stereocenters. The highest BCUT2D eigenvalue weighted by atomic mass is 16.3. The Morgan fingerprint density at radius 3 is 1.88 bits per heavy atom. The van der Waals surface area contributed by atoms with Gasteiger partial charge in [0.1, 0.15) is 5.76 Å². The molecule has 0 aromatic carbocycles. The van der Waals surface area contributed by atoms with Gasteiger partial charge in [-0.25, -0.2) is 0 Å². The summed E-state index contributed by atoms with van der Waals surface area (Å²) < 4.78 is 0. The highest BCUT2D eigenvalue weighted by Gasteiger charge is 2.15. The summed E-state index contributed by atoms with van der Waals surface area (Å²) in [6.07, 6.45) is 5.79. The van der Waals surface area contributed by atoms with Crippen LogP contribution in [-0.2, 0) is 9.59 Å². The van der Waals surface area contributed by atoms with Crippen LogP contribution in [0, 0.1) is 0 Å². The van der Waals surface area contributed by atoms with Gasteiger partial charge in [-0.05, 0) is 20.3 Å². The predicted octanol–water partition coefficient (Wildman–Crippen LogP) is 3.34. The number of ketones is 2. The molecule has 1 N–H and O–H groups in total. The Hall–Kier alpha value is -1.12. The molecule has 0 spiro atoms. The van der Waals surface area contributed by atoms with Crippen LogP contribution in [0.25, 0.3) is 0 Å². The fourth-order valence-corrected chi connectivity index (χ4v) is 1.68. The predicted molar refractivity (Wildman–Crippen MR) is 64.4 cm³/mol. The van der Waals surface area contributed by atoms with Crippen molar-refractivity contribution in [1.82, 2.24) is 0 Å². The SMILES string of the molecule is CCCCCCCC(O)=C(C(C)=O)C(C)=O. The lowest BCUT2D eigenvalue weighted by atomic mass is 10.0. The van der Waals surface area contributed by atoms with Crippen LogP contribution in [0.3, 0.4) is 0 Å². The fourth-order valence-electron chi connectivity index (χ4n) is 1.68. The molecule has 0 aliphatic heterocycles. The van der Waals surface area contributed by atoms with Gasteiger partial charge >= 0.3 is 0 Å². The van der Waals surface area contributed by atoms with Crippen LogP contribution >= 0.6 is 0 Å². The third kappa shape index (κ3) is 5.69. The molecule has 0 atom stereocenters. The number of hydrogen-bond donors (Lipinski definition) is 1. The van der Waals surface area contributed by atoms with Crippen molar-refractivity contribution in [3.05, 3.63) is 11.3 Å². The van der Waals surface area contributed by atoms with Crippen molar-refractivity contribution in [3.8, 4) is 0 Å². The molecule has 0 radical (unpaired) electrons. The Kier molecular flexibility index (Phi) is 7.52. The molecule has 0 aliphatic carbocycles. The number of unbranched alkanes of at least 4 members (excludes halogenated alkanes) is 4. The van der Waals surface area contributed by atoms with E-state index in [0.717, 1.165) is 19.3 Å². The standard InChI is InChI=1S/C13H22O3/c1-4-5-6-7-8-9-12(16)13(10(2)14)11(3)15/h16H,4-9H2,1-3H3. The maximum Gasteiger partial charge on any atom is 0.166 e. The average Bonchev–Trinajstić information content (AvgIpc) is 2.16. The smallest absolute Gasteiger partial charge is 0.166 e. The quantitative estimate of drug-likeness (QED) is 0.227. The Morgan fingerprint density at radius 2 is 1.44 bits per heavy atom. The van der Waals surface area contributed by atoms with Crippen LogP contribution < -0.4 is 0 Å². The van der Waals surface area contributed by atoms with Gasteiger partial charge in [0.2, 0.25) is 0 Å². The van der Waals surface area contributed by atoms with E-state index in [9.17, 15) is 14.7 Å². The van der Waals surface area contributed by atoms with Crippen molar-refractivity contribution in [3.63, 3.8) is 0 Å². The first kappa shape index (κ1) is 14.9. The zero-order valence-electron chi connectivity index (χ0n) is 10.5. The molecule has 16 heavy (non-hydrogen) atoms. The highest BCUT2D eigenvalue weighted by Crippen LogP contribution is 2.14. The second-order valence-corrected chi connectivity index (χ2v) is 4.10. The van der Waals surface area contributed by atoms with E-state index in [0.29, 0.717) is 6.42 Å². The van der Waals surface area contributed by atoms with E-state index in [2.05, 4.69) is 6.92 Å². The maximum atomic E-state index is 11.1. The molecule has 0 aromatic rings. The Labute approximate surface area is 97.5 Å². The van der Waals surface area contributed by atoms with E-state index in [1.807, 2.05) is 0 Å². The molecule has 0 aliphatic rings. The summed E-state index contributed by atoms with van der Waals surface area (Å²) in [5.74, 6) is -0.742. The number of carbonyl (C=O) groups excluding carboxylic acids is 2. The molecule has 0 saturated heterocycles. The maximum absolute atomic E-state index is 11.1. The lowest BCUT2D eigenvalue weighted by Gasteiger charge is -2.05. The first-order valence-electron chi connectivity index (χ1n) is 5.94. The number of hydrogen-bond acceptors (Lipinski definition) is 3. The Balaban J connectivity index is 4.18. The number of allylic oxidation sites excluding steroid dienone is 2. The summed E-state index contributed by atoms with van der Waals surface area (Å²) in [4.78, 5) is 22.2. The molecule has 0 rings (SSSR count). The molecular weight excluding hydrogens is 204 g/mol. The molecule has 0 aromatic heterocycles. The van der Waals surface area contributed by atoms with Crippen molar-refractivity contribution in [2.45, 2.75) is 59.3 Å². The van der Waals surface area contributed by atoms with Gasteiger partial charge in [-0.2, -0.15) is 0 Å². The molecule has 0 bridgehead atoms. The van der Waals surface area contributed by atoms with Crippen LogP contribution in [0.1, 0.15) is 59.3 Å². The van der Waals surface area contributed by atoms with E-state index >= 15 is 0 Å². The minimum Gasteiger partial charge on any atom is -0.511 e. The molecule has 0 fully saturated rings. The van der Waals surface area contributed by atoms with E-state index in [1.165, 1.54) is 26.7 Å². The first-order valence-corrected chi connectivity index (χ1v) is 5.94. The van der Waals surface area contributed by atoms with Gasteiger partial charge < -0.3 is 5.11 Å². The van der Waals surface area contributed by atoms with Gasteiger partial charge in [-0.15, -0.1) is 0 Å². The van der Waals surface area contributed by atoms with Crippen molar-refractivity contribution in [2.24, 2.45) is 0 Å². The number of carbonyl (C=O) groups is 2. The van der Waals surface area contributed by atoms with E-state index in [4.69, 9.17) is 0 Å². The summed E-state index contributed by atoms with van der Waals surface area (Å²) in [6.45, 7) is 4.76. The second kappa shape index (κ2) is 8.08. The van der Waals surface area contributed by atoms with Crippen molar-refractivity contribution in [2.75, 3.05) is 0 Å². The van der Waals surface area contributed by atoms with Crippen LogP contribution in [0.4, 0.5) is 0 Å². The van der Waals surface area contributed by atoms with Crippen molar-refractivity contribution >= 4 is 11.6 Å². The molecule has 3 heteroatoms. The minimum atomic E-state index is -0.349. The van der Waals surface area contributed by atoms with Crippen molar-refractivity contribution < 1.29 is 14.7 Å². The average molecular weight is 226 g/mol. The minimum absolute atomic E-state index is 0.0320. The van der Waals surface area contributed by atoms with E-state index in [1.54, 1.807) is 0 Å². The van der Waals surface area contributed by atoms with E-state index in [-0.39, 0.29) is 22.9 Å². The van der Waals surface area contributed by atoms with Gasteiger partial charge in [-0.1, -0.05) is 32.6 Å². The summed E-state index contributed by atoms with van der Waals surface area (Å²) in [5, 5.41) is 9.64. The Bertz CT molecular complexity index is 261. The summed E-state index contributed by atoms with van der Waals surface area (Å²) in [5.41, 5.74) is -0.0320. The second-order valence-electron chi connectivity index (χ2n) is 4.10. The molecule has 0 heterocycles. The molecule has 0 saturated carbocycles. The van der Waals surface area contributed by atoms with Gasteiger partial charge in [0.25, 0.3) is 0 Å². The summed E-state index contributed by atoms with van der Waals surface area (Å²) in [6, 6.07) is 0. The molecule has 3 nitrogen and oxygen atoms in total. The van der Waals surface area contributed by atoms with Gasteiger partial charge in [0.15, 0.2) is 11.6 Å². The largest absolute Gasteiger partial charge is 0.511 e. The zero-order valence-corrected chi connectivity index (χ0v) is 10.5. The van der Waals surface area contributed by atoms with Gasteiger partial charge in [-0.3, -0.25) is 9.59 Å². The van der Waals surface area contributed by atoms with Crippen LogP contribution in [0.15, 0.2) is 11.3 Å². The van der Waals surface area contributed by atoms with Crippen LogP contribution in [0.2, 0.25) is 0 Å². The number of aliphatic hydroxyl groups is 1. The third-order valence-corrected chi connectivity index (χ3v) is 2.51. The lowest BCUT2D eigenvalue weighted by Crippen LogP contribution is -2.10. The third-order valence-electron chi connectivity index (χ3n) is 2.51. The van der Waals surface area contributed by atoms with Gasteiger partial charge in [0, 0.05) is 6.42 Å². The molecule has 92 valence electrons. The Morgan fingerprint density at radius 1 is 0.938 bits per heavy atom. The number of rotatable bonds is 8. The topological polar surface area (TPSA) is 54.4 Å². The lowest BCUT2D eigenvalue weighted by molar-refractivity contribution is -0.119. The summed E-state index contributed by atoms with van der Waals surface area (Å²) >= 11 is 0. The van der Waals surface area contributed by atoms with Crippen LogP contribution in [-0.4, -0.2) is 16.7 Å². The monoisotopic (exact) mass is 226 g/mol. The zero-order chi connectivity index (χ0) is 12.6. The molecular formula is C13H22O3. The number of Topliss-reactive ketones (excluding diaryl/α,β-unsaturated/α-hetero) is 2. The number of aliphatic hydroxyl groups excluding tert-OH is 1. The summed E-state index contributed by atoms with van der Waals surface area (Å²) in [7, 11) is 0. The first-order chi connectivity index (χ1) is 7.50. The van der Waals surface area contributed by atoms with E-state index < -0.39 is 0 Å². The fraction of sp³-hybridized carbons (Fsp3) is 0.692. The molecule has 0 amide bonds. The normalized spacial score (nSPS) is 9.94.